The molecule has 0 unspecified atom stereocenters. The summed E-state index contributed by atoms with van der Waals surface area (Å²) in [6.07, 6.45) is -4.30. The number of para-hydroxylation sites is 1. The van der Waals surface area contributed by atoms with E-state index in [9.17, 15) is 23.1 Å². The molecular weight excluding hydrogens is 571 g/mol. The van der Waals surface area contributed by atoms with Crippen LogP contribution in [0.25, 0.3) is 28.2 Å². The van der Waals surface area contributed by atoms with Gasteiger partial charge in [0, 0.05) is 5.56 Å². The molecule has 0 aliphatic heterocycles. The summed E-state index contributed by atoms with van der Waals surface area (Å²) in [5.74, 6) is -0.863. The number of carbonyl (C=O) groups is 1. The first-order valence-electron chi connectivity index (χ1n) is 12.6. The van der Waals surface area contributed by atoms with Crippen molar-refractivity contribution in [1.29, 1.82) is 0 Å². The van der Waals surface area contributed by atoms with Crippen LogP contribution in [0.4, 0.5) is 13.2 Å². The van der Waals surface area contributed by atoms with Crippen LogP contribution in [-0.2, 0) is 12.8 Å². The van der Waals surface area contributed by atoms with E-state index in [-0.39, 0.29) is 12.4 Å². The highest BCUT2D eigenvalue weighted by molar-refractivity contribution is 6.32. The zero-order chi connectivity index (χ0) is 30.0. The fourth-order valence-electron chi connectivity index (χ4n) is 4.49. The van der Waals surface area contributed by atoms with Gasteiger partial charge in [0.25, 0.3) is 0 Å². The number of carboxylic acid groups (broad SMARTS) is 1. The van der Waals surface area contributed by atoms with Crippen LogP contribution in [0, 0.1) is 6.92 Å². The van der Waals surface area contributed by atoms with Crippen molar-refractivity contribution in [2.45, 2.75) is 19.7 Å². The molecule has 7 nitrogen and oxygen atoms in total. The molecule has 0 aliphatic rings. The van der Waals surface area contributed by atoms with Crippen molar-refractivity contribution in [3.05, 3.63) is 112 Å². The van der Waals surface area contributed by atoms with Gasteiger partial charge in [-0.15, -0.1) is 0 Å². The Hall–Kier alpha value is -4.83. The molecule has 42 heavy (non-hydrogen) atoms. The summed E-state index contributed by atoms with van der Waals surface area (Å²) in [5, 5.41) is 13.4. The largest absolute Gasteiger partial charge is 0.495 e. The van der Waals surface area contributed by atoms with Gasteiger partial charge in [0.05, 0.1) is 24.0 Å². The Bertz CT molecular complexity index is 1790. The fraction of sp³-hybridized carbons (Fsp3) is 0.129. The molecule has 5 rings (SSSR count). The van der Waals surface area contributed by atoms with E-state index in [1.54, 1.807) is 37.4 Å². The molecule has 3 aromatic carbocycles. The number of ether oxygens (including phenoxy) is 2. The number of halogens is 4. The third-order valence-electron chi connectivity index (χ3n) is 6.59. The molecule has 0 radical (unpaired) electrons. The molecule has 2 aromatic heterocycles. The zero-order valence-electron chi connectivity index (χ0n) is 22.3. The Morgan fingerprint density at radius 2 is 1.71 bits per heavy atom. The number of aryl methyl sites for hydroxylation is 1. The standard InChI is InChI=1S/C31H23ClF3N3O4/c1-18-14-19(20-12-13-27(41-2)24(32)15-20)10-11-21(18)17-42-26-8-4-3-6-22(26)25-7-5-9-28(37-25)38-29(31(33,34)35)23(16-36-38)30(39)40/h3-16H,17H2,1-2H3,(H,39,40). The number of aromatic nitrogens is 3. The van der Waals surface area contributed by atoms with Crippen LogP contribution in [0.5, 0.6) is 11.5 Å². The van der Waals surface area contributed by atoms with E-state index >= 15 is 0 Å². The number of rotatable bonds is 8. The third kappa shape index (κ3) is 5.80. The zero-order valence-corrected chi connectivity index (χ0v) is 23.1. The van der Waals surface area contributed by atoms with Crippen molar-refractivity contribution in [2.24, 2.45) is 0 Å². The number of pyridine rings is 1. The van der Waals surface area contributed by atoms with Crippen molar-refractivity contribution in [2.75, 3.05) is 7.11 Å². The van der Waals surface area contributed by atoms with Crippen LogP contribution in [0.15, 0.2) is 85.1 Å². The minimum absolute atomic E-state index is 0.188. The number of carboxylic acids is 1. The minimum Gasteiger partial charge on any atom is -0.495 e. The molecule has 0 saturated heterocycles. The number of aromatic carboxylic acids is 1. The Balaban J connectivity index is 1.41. The highest BCUT2D eigenvalue weighted by atomic mass is 35.5. The maximum absolute atomic E-state index is 13.8. The van der Waals surface area contributed by atoms with Crippen LogP contribution >= 0.6 is 11.6 Å². The van der Waals surface area contributed by atoms with Crippen LogP contribution in [-0.4, -0.2) is 33.0 Å². The molecule has 0 aliphatic carbocycles. The van der Waals surface area contributed by atoms with E-state index in [0.717, 1.165) is 22.3 Å². The second kappa shape index (κ2) is 11.6. The summed E-state index contributed by atoms with van der Waals surface area (Å²) in [6.45, 7) is 2.20. The smallest absolute Gasteiger partial charge is 0.434 e. The Morgan fingerprint density at radius 3 is 2.40 bits per heavy atom. The molecule has 0 amide bonds. The molecule has 1 N–H and O–H groups in total. The predicted octanol–water partition coefficient (Wildman–Crippen LogP) is 7.87. The molecule has 0 atom stereocenters. The first-order chi connectivity index (χ1) is 20.1. The molecule has 0 fully saturated rings. The summed E-state index contributed by atoms with van der Waals surface area (Å²) in [5.41, 5.74) is 2.33. The van der Waals surface area contributed by atoms with Gasteiger partial charge < -0.3 is 14.6 Å². The van der Waals surface area contributed by atoms with Crippen molar-refractivity contribution in [3.63, 3.8) is 0 Å². The average Bonchev–Trinajstić information content (AvgIpc) is 3.44. The van der Waals surface area contributed by atoms with Gasteiger partial charge in [-0.25, -0.2) is 14.5 Å². The SMILES string of the molecule is COc1ccc(-c2ccc(COc3ccccc3-c3cccc(-n4ncc(C(=O)O)c4C(F)(F)F)n3)c(C)c2)cc1Cl. The molecule has 0 saturated carbocycles. The highest BCUT2D eigenvalue weighted by Crippen LogP contribution is 2.35. The Morgan fingerprint density at radius 1 is 0.976 bits per heavy atom. The second-order valence-corrected chi connectivity index (χ2v) is 9.69. The highest BCUT2D eigenvalue weighted by Gasteiger charge is 2.41. The lowest BCUT2D eigenvalue weighted by Gasteiger charge is -2.15. The van der Waals surface area contributed by atoms with Crippen molar-refractivity contribution in [1.82, 2.24) is 14.8 Å². The number of nitrogens with zero attached hydrogens (tertiary/aromatic N) is 3. The van der Waals surface area contributed by atoms with Crippen molar-refractivity contribution >= 4 is 17.6 Å². The predicted molar refractivity (Wildman–Crippen MR) is 151 cm³/mol. The first kappa shape index (κ1) is 28.7. The van der Waals surface area contributed by atoms with Crippen LogP contribution < -0.4 is 9.47 Å². The summed E-state index contributed by atoms with van der Waals surface area (Å²) in [7, 11) is 1.56. The van der Waals surface area contributed by atoms with Crippen LogP contribution in [0.2, 0.25) is 5.02 Å². The third-order valence-corrected chi connectivity index (χ3v) is 6.89. The number of benzene rings is 3. The quantitative estimate of drug-likeness (QED) is 0.197. The lowest BCUT2D eigenvalue weighted by Crippen LogP contribution is -2.18. The fourth-order valence-corrected chi connectivity index (χ4v) is 4.74. The summed E-state index contributed by atoms with van der Waals surface area (Å²) in [6, 6.07) is 23.0. The molecule has 5 aromatic rings. The Kier molecular flexibility index (Phi) is 7.91. The normalized spacial score (nSPS) is 11.4. The first-order valence-corrected chi connectivity index (χ1v) is 13.0. The molecular formula is C31H23ClF3N3O4. The maximum Gasteiger partial charge on any atom is 0.434 e. The van der Waals surface area contributed by atoms with Gasteiger partial charge >= 0.3 is 12.1 Å². The van der Waals surface area contributed by atoms with Gasteiger partial charge in [0.1, 0.15) is 23.7 Å². The minimum atomic E-state index is -4.96. The van der Waals surface area contributed by atoms with Crippen LogP contribution in [0.3, 0.4) is 0 Å². The maximum atomic E-state index is 13.8. The van der Waals surface area contributed by atoms with E-state index in [2.05, 4.69) is 10.1 Å². The van der Waals surface area contributed by atoms with E-state index < -0.39 is 23.4 Å². The van der Waals surface area contributed by atoms with E-state index in [4.69, 9.17) is 21.1 Å². The second-order valence-electron chi connectivity index (χ2n) is 9.28. The molecule has 11 heteroatoms. The van der Waals surface area contributed by atoms with Gasteiger partial charge in [-0.1, -0.05) is 54.1 Å². The van der Waals surface area contributed by atoms with E-state index in [1.807, 2.05) is 43.3 Å². The van der Waals surface area contributed by atoms with Gasteiger partial charge in [0.2, 0.25) is 0 Å². The monoisotopic (exact) mass is 593 g/mol. The molecule has 214 valence electrons. The van der Waals surface area contributed by atoms with Gasteiger partial charge in [0.15, 0.2) is 11.5 Å². The lowest BCUT2D eigenvalue weighted by molar-refractivity contribution is -0.143. The van der Waals surface area contributed by atoms with Gasteiger partial charge in [-0.2, -0.15) is 18.3 Å². The lowest BCUT2D eigenvalue weighted by atomic mass is 10.00. The van der Waals surface area contributed by atoms with Gasteiger partial charge in [-0.3, -0.25) is 0 Å². The Labute approximate surface area is 243 Å². The van der Waals surface area contributed by atoms with Crippen LogP contribution in [0.1, 0.15) is 27.2 Å². The molecule has 2 heterocycles. The average molecular weight is 594 g/mol. The molecule has 0 bridgehead atoms. The van der Waals surface area contributed by atoms with Gasteiger partial charge in [-0.05, 0) is 65.6 Å². The van der Waals surface area contributed by atoms with Crippen molar-refractivity contribution < 1.29 is 32.5 Å². The van der Waals surface area contributed by atoms with E-state index in [0.29, 0.717) is 38.7 Å². The molecule has 0 spiro atoms. The number of alkyl halides is 3. The topological polar surface area (TPSA) is 86.5 Å². The summed E-state index contributed by atoms with van der Waals surface area (Å²) in [4.78, 5) is 15.8. The number of hydrogen-bond donors (Lipinski definition) is 1. The number of methoxy groups -OCH3 is 1. The van der Waals surface area contributed by atoms with E-state index in [1.165, 1.54) is 12.1 Å². The number of hydrogen-bond acceptors (Lipinski definition) is 5. The summed E-state index contributed by atoms with van der Waals surface area (Å²) >= 11 is 6.29. The summed E-state index contributed by atoms with van der Waals surface area (Å²) < 4.78 is 53.1. The van der Waals surface area contributed by atoms with Crippen molar-refractivity contribution in [3.8, 4) is 39.7 Å².